The minimum absolute atomic E-state index is 0.184. The summed E-state index contributed by atoms with van der Waals surface area (Å²) in [4.78, 5) is 15.4. The molecule has 5 heteroatoms. The molecule has 0 aliphatic heterocycles. The zero-order chi connectivity index (χ0) is 10.9. The number of rotatable bonds is 1. The van der Waals surface area contributed by atoms with Gasteiger partial charge in [0.1, 0.15) is 5.15 Å². The van der Waals surface area contributed by atoms with E-state index >= 15 is 0 Å². The zero-order valence-corrected chi connectivity index (χ0v) is 9.62. The van der Waals surface area contributed by atoms with E-state index in [2.05, 4.69) is 10.3 Å². The maximum Gasteiger partial charge on any atom is 0.254 e. The summed E-state index contributed by atoms with van der Waals surface area (Å²) in [6, 6.07) is 0. The third-order valence-electron chi connectivity index (χ3n) is 1.95. The summed E-state index contributed by atoms with van der Waals surface area (Å²) < 4.78 is 0. The molecule has 1 heterocycles. The van der Waals surface area contributed by atoms with E-state index in [1.807, 2.05) is 0 Å². The molecule has 1 N–H and O–H groups in total. The van der Waals surface area contributed by atoms with Gasteiger partial charge in [0.05, 0.1) is 16.3 Å². The third kappa shape index (κ3) is 1.83. The molecule has 0 unspecified atom stereocenters. The molecule has 0 fully saturated rings. The van der Waals surface area contributed by atoms with E-state index in [-0.39, 0.29) is 11.1 Å². The van der Waals surface area contributed by atoms with Gasteiger partial charge in [0.15, 0.2) is 0 Å². The number of pyridine rings is 1. The fourth-order valence-electron chi connectivity index (χ4n) is 1.18. The predicted molar refractivity (Wildman–Crippen MR) is 57.1 cm³/mol. The normalized spacial score (nSPS) is 10.1. The Bertz CT molecular complexity index is 391. The van der Waals surface area contributed by atoms with Crippen molar-refractivity contribution in [3.05, 3.63) is 27.0 Å². The van der Waals surface area contributed by atoms with Crippen molar-refractivity contribution >= 4 is 29.1 Å². The average molecular weight is 233 g/mol. The minimum atomic E-state index is -0.276. The molecule has 76 valence electrons. The Labute approximate surface area is 92.4 Å². The van der Waals surface area contributed by atoms with Crippen LogP contribution < -0.4 is 5.32 Å². The molecule has 1 rings (SSSR count). The Kier molecular flexibility index (Phi) is 3.34. The van der Waals surface area contributed by atoms with Gasteiger partial charge < -0.3 is 5.32 Å². The van der Waals surface area contributed by atoms with Gasteiger partial charge in [-0.3, -0.25) is 4.79 Å². The Morgan fingerprint density at radius 3 is 2.43 bits per heavy atom. The number of halogens is 2. The van der Waals surface area contributed by atoms with E-state index in [0.717, 1.165) is 0 Å². The largest absolute Gasteiger partial charge is 0.355 e. The minimum Gasteiger partial charge on any atom is -0.355 e. The van der Waals surface area contributed by atoms with Crippen LogP contribution >= 0.6 is 23.2 Å². The van der Waals surface area contributed by atoms with Crippen LogP contribution in [-0.2, 0) is 0 Å². The molecule has 14 heavy (non-hydrogen) atoms. The van der Waals surface area contributed by atoms with Crippen LogP contribution in [-0.4, -0.2) is 17.9 Å². The molecule has 0 bridgehead atoms. The molecular weight excluding hydrogens is 223 g/mol. The van der Waals surface area contributed by atoms with Gasteiger partial charge in [-0.05, 0) is 19.4 Å². The van der Waals surface area contributed by atoms with E-state index in [4.69, 9.17) is 23.2 Å². The molecule has 1 aromatic heterocycles. The number of nitrogens with zero attached hydrogens (tertiary/aromatic N) is 1. The van der Waals surface area contributed by atoms with E-state index in [0.29, 0.717) is 21.8 Å². The van der Waals surface area contributed by atoms with Crippen LogP contribution in [0, 0.1) is 13.8 Å². The van der Waals surface area contributed by atoms with Crippen molar-refractivity contribution in [3.8, 4) is 0 Å². The lowest BCUT2D eigenvalue weighted by Crippen LogP contribution is -2.20. The summed E-state index contributed by atoms with van der Waals surface area (Å²) >= 11 is 11.8. The third-order valence-corrected chi connectivity index (χ3v) is 2.78. The van der Waals surface area contributed by atoms with Gasteiger partial charge in [0, 0.05) is 7.05 Å². The molecular formula is C9H10Cl2N2O. The number of aromatic nitrogens is 1. The van der Waals surface area contributed by atoms with Gasteiger partial charge in [0.2, 0.25) is 0 Å². The number of hydrogen-bond acceptors (Lipinski definition) is 2. The Morgan fingerprint density at radius 1 is 1.36 bits per heavy atom. The van der Waals surface area contributed by atoms with E-state index < -0.39 is 0 Å². The SMILES string of the molecule is CNC(=O)c1c(Cl)nc(C)c(Cl)c1C. The van der Waals surface area contributed by atoms with Crippen molar-refractivity contribution in [2.45, 2.75) is 13.8 Å². The second-order valence-electron chi connectivity index (χ2n) is 2.88. The lowest BCUT2D eigenvalue weighted by atomic mass is 10.1. The number of carbonyl (C=O) groups excluding carboxylic acids is 1. The summed E-state index contributed by atoms with van der Waals surface area (Å²) in [6.07, 6.45) is 0. The first-order valence-electron chi connectivity index (χ1n) is 4.03. The van der Waals surface area contributed by atoms with Gasteiger partial charge in [0.25, 0.3) is 5.91 Å². The number of hydrogen-bond donors (Lipinski definition) is 1. The van der Waals surface area contributed by atoms with Crippen molar-refractivity contribution in [1.29, 1.82) is 0 Å². The van der Waals surface area contributed by atoms with Crippen LogP contribution in [0.15, 0.2) is 0 Å². The first-order valence-corrected chi connectivity index (χ1v) is 4.79. The molecule has 0 atom stereocenters. The second kappa shape index (κ2) is 4.15. The standard InChI is InChI=1S/C9H10Cl2N2O/c1-4-6(9(14)12-3)8(11)13-5(2)7(4)10/h1-3H3,(H,12,14). The Balaban J connectivity index is 3.44. The first-order chi connectivity index (χ1) is 6.49. The lowest BCUT2D eigenvalue weighted by molar-refractivity contribution is 0.0962. The van der Waals surface area contributed by atoms with Crippen molar-refractivity contribution in [1.82, 2.24) is 10.3 Å². The van der Waals surface area contributed by atoms with Gasteiger partial charge in [-0.2, -0.15) is 0 Å². The number of amides is 1. The second-order valence-corrected chi connectivity index (χ2v) is 3.62. The van der Waals surface area contributed by atoms with Gasteiger partial charge in [-0.15, -0.1) is 0 Å². The highest BCUT2D eigenvalue weighted by atomic mass is 35.5. The van der Waals surface area contributed by atoms with Crippen LogP contribution in [0.3, 0.4) is 0 Å². The summed E-state index contributed by atoms with van der Waals surface area (Å²) in [7, 11) is 1.53. The summed E-state index contributed by atoms with van der Waals surface area (Å²) in [5.41, 5.74) is 1.62. The van der Waals surface area contributed by atoms with E-state index in [1.54, 1.807) is 13.8 Å². The van der Waals surface area contributed by atoms with Crippen molar-refractivity contribution in [3.63, 3.8) is 0 Å². The maximum absolute atomic E-state index is 11.4. The molecule has 0 saturated heterocycles. The summed E-state index contributed by atoms with van der Waals surface area (Å²) in [6.45, 7) is 3.49. The molecule has 0 saturated carbocycles. The molecule has 3 nitrogen and oxygen atoms in total. The number of nitrogens with one attached hydrogen (secondary N) is 1. The van der Waals surface area contributed by atoms with Crippen LogP contribution in [0.2, 0.25) is 10.2 Å². The van der Waals surface area contributed by atoms with E-state index in [9.17, 15) is 4.79 Å². The van der Waals surface area contributed by atoms with Gasteiger partial charge in [-0.1, -0.05) is 23.2 Å². The molecule has 0 spiro atoms. The van der Waals surface area contributed by atoms with Crippen molar-refractivity contribution in [2.24, 2.45) is 0 Å². The van der Waals surface area contributed by atoms with Gasteiger partial charge in [-0.25, -0.2) is 4.98 Å². The lowest BCUT2D eigenvalue weighted by Gasteiger charge is -2.09. The smallest absolute Gasteiger partial charge is 0.254 e. The summed E-state index contributed by atoms with van der Waals surface area (Å²) in [5, 5.41) is 3.15. The molecule has 1 amide bonds. The highest BCUT2D eigenvalue weighted by molar-refractivity contribution is 6.35. The Hall–Kier alpha value is -0.800. The van der Waals surface area contributed by atoms with Crippen molar-refractivity contribution in [2.75, 3.05) is 7.05 Å². The highest BCUT2D eigenvalue weighted by Gasteiger charge is 2.17. The number of aryl methyl sites for hydroxylation is 1. The number of carbonyl (C=O) groups is 1. The highest BCUT2D eigenvalue weighted by Crippen LogP contribution is 2.26. The molecule has 1 aromatic rings. The van der Waals surface area contributed by atoms with E-state index in [1.165, 1.54) is 7.05 Å². The topological polar surface area (TPSA) is 42.0 Å². The fourth-order valence-corrected chi connectivity index (χ4v) is 1.67. The fraction of sp³-hybridized carbons (Fsp3) is 0.333. The monoisotopic (exact) mass is 232 g/mol. The van der Waals surface area contributed by atoms with Crippen LogP contribution in [0.5, 0.6) is 0 Å². The summed E-state index contributed by atoms with van der Waals surface area (Å²) in [5.74, 6) is -0.276. The molecule has 0 aliphatic rings. The van der Waals surface area contributed by atoms with Crippen LogP contribution in [0.1, 0.15) is 21.6 Å². The molecule has 0 aromatic carbocycles. The molecule has 0 aliphatic carbocycles. The Morgan fingerprint density at radius 2 is 1.93 bits per heavy atom. The average Bonchev–Trinajstić information content (AvgIpc) is 2.14. The maximum atomic E-state index is 11.4. The first kappa shape index (κ1) is 11.3. The van der Waals surface area contributed by atoms with Crippen molar-refractivity contribution < 1.29 is 4.79 Å². The van der Waals surface area contributed by atoms with Crippen LogP contribution in [0.25, 0.3) is 0 Å². The van der Waals surface area contributed by atoms with Crippen LogP contribution in [0.4, 0.5) is 0 Å². The van der Waals surface area contributed by atoms with Gasteiger partial charge >= 0.3 is 0 Å². The zero-order valence-electron chi connectivity index (χ0n) is 8.11. The quantitative estimate of drug-likeness (QED) is 0.756. The predicted octanol–water partition coefficient (Wildman–Crippen LogP) is 2.36. The molecule has 0 radical (unpaired) electrons.